The monoisotopic (exact) mass is 390 g/mol. The van der Waals surface area contributed by atoms with Crippen LogP contribution in [0.4, 0.5) is 0 Å². The molecule has 0 saturated heterocycles. The molecule has 0 aromatic heterocycles. The Labute approximate surface area is 156 Å². The van der Waals surface area contributed by atoms with E-state index >= 15 is 0 Å². The van der Waals surface area contributed by atoms with Gasteiger partial charge in [0.25, 0.3) is 0 Å². The first-order valence-corrected chi connectivity index (χ1v) is 10.6. The molecular formula is C15H18S6. The van der Waals surface area contributed by atoms with Crippen molar-refractivity contribution in [2.24, 2.45) is 0 Å². The standard InChI is InChI=1S/C15H18S6/c1-10(16)19-7-13-4-14(8-20-11(2)17)6-15(5-13)9-21-12(3)18/h4-6H,7-9H2,1-3H3. The first kappa shape index (κ1) is 19.6. The molecule has 6 heteroatoms. The van der Waals surface area contributed by atoms with E-state index in [0.29, 0.717) is 0 Å². The molecule has 0 nitrogen and oxygen atoms in total. The highest BCUT2D eigenvalue weighted by molar-refractivity contribution is 8.23. The van der Waals surface area contributed by atoms with E-state index in [1.807, 2.05) is 20.8 Å². The van der Waals surface area contributed by atoms with Gasteiger partial charge in [-0.3, -0.25) is 0 Å². The normalized spacial score (nSPS) is 10.4. The highest BCUT2D eigenvalue weighted by atomic mass is 32.2. The quantitative estimate of drug-likeness (QED) is 0.510. The van der Waals surface area contributed by atoms with Gasteiger partial charge in [-0.25, -0.2) is 0 Å². The van der Waals surface area contributed by atoms with Gasteiger partial charge < -0.3 is 0 Å². The molecule has 0 spiro atoms. The van der Waals surface area contributed by atoms with Gasteiger partial charge in [0, 0.05) is 29.8 Å². The van der Waals surface area contributed by atoms with Crippen molar-refractivity contribution < 1.29 is 0 Å². The zero-order chi connectivity index (χ0) is 15.8. The van der Waals surface area contributed by atoms with Gasteiger partial charge in [-0.15, -0.1) is 35.3 Å². The Morgan fingerprint density at radius 1 is 0.667 bits per heavy atom. The average Bonchev–Trinajstić information content (AvgIpc) is 2.40. The first-order chi connectivity index (χ1) is 9.86. The fourth-order valence-electron chi connectivity index (χ4n) is 1.64. The van der Waals surface area contributed by atoms with Crippen molar-refractivity contribution in [2.45, 2.75) is 38.0 Å². The third kappa shape index (κ3) is 9.31. The minimum Gasteiger partial charge on any atom is -0.114 e. The second-order valence-corrected chi connectivity index (χ2v) is 10.7. The summed E-state index contributed by atoms with van der Waals surface area (Å²) >= 11 is 20.6. The molecule has 114 valence electrons. The molecule has 0 atom stereocenters. The molecule has 0 aliphatic rings. The summed E-state index contributed by atoms with van der Waals surface area (Å²) in [5.41, 5.74) is 3.96. The minimum atomic E-state index is 0.929. The molecule has 0 radical (unpaired) electrons. The van der Waals surface area contributed by atoms with Crippen molar-refractivity contribution in [3.8, 4) is 0 Å². The molecule has 0 bridgehead atoms. The molecule has 1 rings (SSSR count). The maximum Gasteiger partial charge on any atom is 0.0450 e. The summed E-state index contributed by atoms with van der Waals surface area (Å²) in [6, 6.07) is 6.78. The Hall–Kier alpha value is 0.540. The van der Waals surface area contributed by atoms with E-state index in [1.165, 1.54) is 16.7 Å². The zero-order valence-electron chi connectivity index (χ0n) is 12.3. The van der Waals surface area contributed by atoms with E-state index in [2.05, 4.69) is 18.2 Å². The SMILES string of the molecule is CC(=S)SCc1cc(CSC(C)=S)cc(CSC(C)=S)c1. The fraction of sp³-hybridized carbons (Fsp3) is 0.400. The lowest BCUT2D eigenvalue weighted by Crippen LogP contribution is -1.94. The summed E-state index contributed by atoms with van der Waals surface area (Å²) in [5, 5.41) is 0. The lowest BCUT2D eigenvalue weighted by atomic mass is 10.1. The molecular weight excluding hydrogens is 373 g/mol. The third-order valence-electron chi connectivity index (χ3n) is 2.44. The Morgan fingerprint density at radius 3 is 1.10 bits per heavy atom. The van der Waals surface area contributed by atoms with Crippen LogP contribution in [-0.4, -0.2) is 12.6 Å². The van der Waals surface area contributed by atoms with Crippen molar-refractivity contribution >= 4 is 84.5 Å². The minimum absolute atomic E-state index is 0.929. The average molecular weight is 391 g/mol. The van der Waals surface area contributed by atoms with Crippen LogP contribution < -0.4 is 0 Å². The number of thioether (sulfide) groups is 3. The molecule has 0 saturated carbocycles. The van der Waals surface area contributed by atoms with Gasteiger partial charge in [-0.1, -0.05) is 54.9 Å². The first-order valence-electron chi connectivity index (χ1n) is 6.38. The lowest BCUT2D eigenvalue weighted by Gasteiger charge is -2.09. The second kappa shape index (κ2) is 10.3. The van der Waals surface area contributed by atoms with Gasteiger partial charge in [-0.2, -0.15) is 0 Å². The van der Waals surface area contributed by atoms with Gasteiger partial charge in [0.2, 0.25) is 0 Å². The topological polar surface area (TPSA) is 0 Å². The molecule has 1 aromatic rings. The van der Waals surface area contributed by atoms with E-state index in [-0.39, 0.29) is 0 Å². The maximum absolute atomic E-state index is 5.15. The highest BCUT2D eigenvalue weighted by Gasteiger charge is 2.04. The van der Waals surface area contributed by atoms with Crippen LogP contribution in [0.1, 0.15) is 37.5 Å². The Morgan fingerprint density at radius 2 is 0.905 bits per heavy atom. The number of hydrogen-bond donors (Lipinski definition) is 0. The Balaban J connectivity index is 2.86. The predicted molar refractivity (Wildman–Crippen MR) is 115 cm³/mol. The number of thiocarbonyl (C=S) groups is 3. The van der Waals surface area contributed by atoms with Gasteiger partial charge in [0.05, 0.1) is 0 Å². The van der Waals surface area contributed by atoms with Crippen molar-refractivity contribution in [1.29, 1.82) is 0 Å². The molecule has 0 heterocycles. The maximum atomic E-state index is 5.15. The van der Waals surface area contributed by atoms with Crippen molar-refractivity contribution in [2.75, 3.05) is 0 Å². The van der Waals surface area contributed by atoms with Crippen LogP contribution in [0.2, 0.25) is 0 Å². The van der Waals surface area contributed by atoms with Crippen LogP contribution in [0.25, 0.3) is 0 Å². The molecule has 1 aromatic carbocycles. The molecule has 0 fully saturated rings. The lowest BCUT2D eigenvalue weighted by molar-refractivity contribution is 1.27. The molecule has 0 N–H and O–H groups in total. The molecule has 0 aliphatic heterocycles. The highest BCUT2D eigenvalue weighted by Crippen LogP contribution is 2.24. The van der Waals surface area contributed by atoms with Crippen LogP contribution in [-0.2, 0) is 17.3 Å². The Bertz CT molecular complexity index is 446. The predicted octanol–water partition coefficient (Wildman–Crippen LogP) is 6.43. The van der Waals surface area contributed by atoms with E-state index < -0.39 is 0 Å². The summed E-state index contributed by atoms with van der Waals surface area (Å²) in [7, 11) is 0. The summed E-state index contributed by atoms with van der Waals surface area (Å²) in [5.74, 6) is 2.79. The molecule has 0 aliphatic carbocycles. The van der Waals surface area contributed by atoms with Crippen LogP contribution in [0, 0.1) is 0 Å². The number of benzene rings is 1. The van der Waals surface area contributed by atoms with E-state index in [9.17, 15) is 0 Å². The van der Waals surface area contributed by atoms with Crippen LogP contribution >= 0.6 is 71.9 Å². The van der Waals surface area contributed by atoms with Crippen LogP contribution in [0.15, 0.2) is 18.2 Å². The van der Waals surface area contributed by atoms with E-state index in [1.54, 1.807) is 35.3 Å². The third-order valence-corrected chi connectivity index (χ3v) is 6.15. The number of hydrogen-bond acceptors (Lipinski definition) is 6. The fourth-order valence-corrected chi connectivity index (χ4v) is 3.78. The second-order valence-electron chi connectivity index (χ2n) is 4.50. The number of rotatable bonds is 6. The molecule has 21 heavy (non-hydrogen) atoms. The zero-order valence-corrected chi connectivity index (χ0v) is 17.2. The summed E-state index contributed by atoms with van der Waals surface area (Å²) in [4.78, 5) is 0. The van der Waals surface area contributed by atoms with Gasteiger partial charge >= 0.3 is 0 Å². The van der Waals surface area contributed by atoms with E-state index in [0.717, 1.165) is 29.8 Å². The summed E-state index contributed by atoms with van der Waals surface area (Å²) in [6.45, 7) is 5.92. The smallest absolute Gasteiger partial charge is 0.0450 e. The largest absolute Gasteiger partial charge is 0.114 e. The molecule has 0 amide bonds. The van der Waals surface area contributed by atoms with Crippen molar-refractivity contribution in [3.05, 3.63) is 34.9 Å². The van der Waals surface area contributed by atoms with Crippen LogP contribution in [0.3, 0.4) is 0 Å². The summed E-state index contributed by atoms with van der Waals surface area (Å²) in [6.07, 6.45) is 0. The molecule has 0 unspecified atom stereocenters. The van der Waals surface area contributed by atoms with E-state index in [4.69, 9.17) is 36.7 Å². The van der Waals surface area contributed by atoms with Crippen LogP contribution in [0.5, 0.6) is 0 Å². The van der Waals surface area contributed by atoms with Crippen molar-refractivity contribution in [3.63, 3.8) is 0 Å². The summed E-state index contributed by atoms with van der Waals surface area (Å²) < 4.78 is 2.94. The van der Waals surface area contributed by atoms with Gasteiger partial charge in [0.1, 0.15) is 0 Å². The van der Waals surface area contributed by atoms with Crippen molar-refractivity contribution in [1.82, 2.24) is 0 Å². The Kier molecular flexibility index (Phi) is 9.64. The van der Waals surface area contributed by atoms with Gasteiger partial charge in [0.15, 0.2) is 0 Å². The van der Waals surface area contributed by atoms with Gasteiger partial charge in [-0.05, 0) is 37.5 Å².